The number of carbonyl (C=O) groups is 1. The minimum Gasteiger partial charge on any atom is -0.282 e. The first-order chi connectivity index (χ1) is 6.85. The Hall–Kier alpha value is -0.470. The Labute approximate surface area is 102 Å². The van der Waals surface area contributed by atoms with Crippen LogP contribution in [0.5, 0.6) is 0 Å². The van der Waals surface area contributed by atoms with Gasteiger partial charge in [0.15, 0.2) is 0 Å². The number of rotatable bonds is 3. The molecule has 0 amide bonds. The second-order valence-electron chi connectivity index (χ2n) is 3.09. The number of benzene rings is 1. The van der Waals surface area contributed by atoms with E-state index in [1.807, 2.05) is 0 Å². The first-order valence-electron chi connectivity index (χ1n) is 4.08. The second-order valence-corrected chi connectivity index (χ2v) is 6.22. The Bertz CT molecular complexity index is 482. The molecular weight excluding hydrogens is 329 g/mol. The molecule has 1 rings (SSSR count). The van der Waals surface area contributed by atoms with Crippen molar-refractivity contribution in [3.8, 4) is 0 Å². The molecule has 4 nitrogen and oxygen atoms in total. The molecule has 6 heteroatoms. The summed E-state index contributed by atoms with van der Waals surface area (Å²) in [6.45, 7) is 0. The van der Waals surface area contributed by atoms with E-state index in [0.29, 0.717) is 5.56 Å². The molecule has 0 aliphatic carbocycles. The number of sulfonamides is 1. The third kappa shape index (κ3) is 2.76. The standard InChI is InChI=1S/C9H10INO3S/c1-11(2)15(13,14)8-5-3-4-7(6-8)9(10)12/h3-6H,1-2H3. The van der Waals surface area contributed by atoms with E-state index in [2.05, 4.69) is 0 Å². The molecule has 82 valence electrons. The molecule has 1 aromatic carbocycles. The molecule has 15 heavy (non-hydrogen) atoms. The zero-order valence-electron chi connectivity index (χ0n) is 8.27. The molecule has 0 heterocycles. The maximum absolute atomic E-state index is 11.7. The van der Waals surface area contributed by atoms with Gasteiger partial charge in [0.1, 0.15) is 0 Å². The smallest absolute Gasteiger partial charge is 0.242 e. The molecule has 0 unspecified atom stereocenters. The third-order valence-corrected chi connectivity index (χ3v) is 4.27. The molecule has 0 saturated heterocycles. The van der Waals surface area contributed by atoms with Crippen LogP contribution in [0.3, 0.4) is 0 Å². The van der Waals surface area contributed by atoms with Gasteiger partial charge in [-0.25, -0.2) is 12.7 Å². The molecule has 0 aliphatic rings. The highest BCUT2D eigenvalue weighted by atomic mass is 127. The SMILES string of the molecule is CN(C)S(=O)(=O)c1cccc(C(=O)I)c1. The van der Waals surface area contributed by atoms with Gasteiger partial charge in [0, 0.05) is 42.2 Å². The summed E-state index contributed by atoms with van der Waals surface area (Å²) < 4.78 is 24.4. The van der Waals surface area contributed by atoms with Crippen molar-refractivity contribution in [1.82, 2.24) is 4.31 Å². The van der Waals surface area contributed by atoms with Crippen molar-refractivity contribution in [2.45, 2.75) is 4.90 Å². The summed E-state index contributed by atoms with van der Waals surface area (Å²) >= 11 is 1.62. The largest absolute Gasteiger partial charge is 0.282 e. The fraction of sp³-hybridized carbons (Fsp3) is 0.222. The predicted molar refractivity (Wildman–Crippen MR) is 65.7 cm³/mol. The fourth-order valence-electron chi connectivity index (χ4n) is 0.990. The lowest BCUT2D eigenvalue weighted by molar-refractivity contribution is 0.110. The van der Waals surface area contributed by atoms with Gasteiger partial charge in [-0.15, -0.1) is 0 Å². The van der Waals surface area contributed by atoms with Crippen molar-refractivity contribution < 1.29 is 13.2 Å². The van der Waals surface area contributed by atoms with Gasteiger partial charge in [0.25, 0.3) is 0 Å². The minimum atomic E-state index is -3.46. The van der Waals surface area contributed by atoms with Crippen molar-refractivity contribution in [3.63, 3.8) is 0 Å². The van der Waals surface area contributed by atoms with Crippen LogP contribution in [0.25, 0.3) is 0 Å². The molecule has 0 spiro atoms. The Morgan fingerprint density at radius 1 is 1.33 bits per heavy atom. The van der Waals surface area contributed by atoms with E-state index in [1.54, 1.807) is 34.7 Å². The summed E-state index contributed by atoms with van der Waals surface area (Å²) in [5, 5.41) is 0. The molecule has 0 atom stereocenters. The highest BCUT2D eigenvalue weighted by Crippen LogP contribution is 2.16. The summed E-state index contributed by atoms with van der Waals surface area (Å²) in [4.78, 5) is 11.2. The lowest BCUT2D eigenvalue weighted by Gasteiger charge is -2.11. The Morgan fingerprint density at radius 3 is 2.40 bits per heavy atom. The molecule has 1 aromatic rings. The summed E-state index contributed by atoms with van der Waals surface area (Å²) in [6, 6.07) is 5.99. The van der Waals surface area contributed by atoms with Crippen LogP contribution in [-0.2, 0) is 10.0 Å². The van der Waals surface area contributed by atoms with Crippen LogP contribution in [0.1, 0.15) is 10.4 Å². The van der Waals surface area contributed by atoms with Gasteiger partial charge < -0.3 is 0 Å². The maximum Gasteiger partial charge on any atom is 0.242 e. The number of hydrogen-bond acceptors (Lipinski definition) is 3. The lowest BCUT2D eigenvalue weighted by atomic mass is 10.2. The second kappa shape index (κ2) is 4.58. The molecule has 0 N–H and O–H groups in total. The van der Waals surface area contributed by atoms with E-state index in [9.17, 15) is 13.2 Å². The summed E-state index contributed by atoms with van der Waals surface area (Å²) in [5.74, 6) is 0. The van der Waals surface area contributed by atoms with Crippen LogP contribution < -0.4 is 0 Å². The van der Waals surface area contributed by atoms with Crippen molar-refractivity contribution in [3.05, 3.63) is 29.8 Å². The van der Waals surface area contributed by atoms with Crippen molar-refractivity contribution in [1.29, 1.82) is 0 Å². The van der Waals surface area contributed by atoms with Crippen LogP contribution in [0, 0.1) is 0 Å². The van der Waals surface area contributed by atoms with Gasteiger partial charge >= 0.3 is 0 Å². The number of hydrogen-bond donors (Lipinski definition) is 0. The quantitative estimate of drug-likeness (QED) is 0.620. The van der Waals surface area contributed by atoms with Crippen LogP contribution >= 0.6 is 22.6 Å². The minimum absolute atomic E-state index is 0.134. The highest BCUT2D eigenvalue weighted by Gasteiger charge is 2.17. The van der Waals surface area contributed by atoms with Crippen molar-refractivity contribution in [2.75, 3.05) is 14.1 Å². The topological polar surface area (TPSA) is 54.5 Å². The van der Waals surface area contributed by atoms with Gasteiger partial charge in [-0.2, -0.15) is 0 Å². The number of carbonyl (C=O) groups excluding carboxylic acids is 1. The Balaban J connectivity index is 3.29. The monoisotopic (exact) mass is 339 g/mol. The predicted octanol–water partition coefficient (Wildman–Crippen LogP) is 1.51. The summed E-state index contributed by atoms with van der Waals surface area (Å²) in [5.41, 5.74) is 0.388. The van der Waals surface area contributed by atoms with E-state index in [4.69, 9.17) is 0 Å². The summed E-state index contributed by atoms with van der Waals surface area (Å²) in [7, 11) is -0.551. The van der Waals surface area contributed by atoms with Crippen molar-refractivity contribution >= 4 is 36.4 Å². The molecular formula is C9H10INO3S. The zero-order chi connectivity index (χ0) is 11.6. The van der Waals surface area contributed by atoms with Gasteiger partial charge in [0.2, 0.25) is 13.8 Å². The van der Waals surface area contributed by atoms with E-state index in [0.717, 1.165) is 4.31 Å². The molecule has 0 saturated carbocycles. The Morgan fingerprint density at radius 2 is 1.93 bits per heavy atom. The van der Waals surface area contributed by atoms with E-state index < -0.39 is 10.0 Å². The van der Waals surface area contributed by atoms with Gasteiger partial charge in [0.05, 0.1) is 4.90 Å². The van der Waals surface area contributed by atoms with Crippen LogP contribution in [-0.4, -0.2) is 30.6 Å². The van der Waals surface area contributed by atoms with Crippen LogP contribution in [0.15, 0.2) is 29.2 Å². The van der Waals surface area contributed by atoms with E-state index in [-0.39, 0.29) is 8.69 Å². The summed E-state index contributed by atoms with van der Waals surface area (Å²) in [6.07, 6.45) is 0. The maximum atomic E-state index is 11.7. The molecule has 0 bridgehead atoms. The van der Waals surface area contributed by atoms with E-state index in [1.165, 1.54) is 26.2 Å². The van der Waals surface area contributed by atoms with Crippen LogP contribution in [0.2, 0.25) is 0 Å². The van der Waals surface area contributed by atoms with Gasteiger partial charge in [-0.05, 0) is 12.1 Å². The first-order valence-corrected chi connectivity index (χ1v) is 6.60. The van der Waals surface area contributed by atoms with Crippen molar-refractivity contribution in [2.24, 2.45) is 0 Å². The lowest BCUT2D eigenvalue weighted by Crippen LogP contribution is -2.22. The molecule has 0 aromatic heterocycles. The van der Waals surface area contributed by atoms with Gasteiger partial charge in [-0.1, -0.05) is 12.1 Å². The number of nitrogens with zero attached hydrogens (tertiary/aromatic N) is 1. The van der Waals surface area contributed by atoms with Crippen LogP contribution in [0.4, 0.5) is 0 Å². The highest BCUT2D eigenvalue weighted by molar-refractivity contribution is 14.1. The third-order valence-electron chi connectivity index (χ3n) is 1.84. The zero-order valence-corrected chi connectivity index (χ0v) is 11.2. The molecule has 0 aliphatic heterocycles. The average Bonchev–Trinajstić information content (AvgIpc) is 2.17. The normalized spacial score (nSPS) is 11.7. The fourth-order valence-corrected chi connectivity index (χ4v) is 2.27. The Kier molecular flexibility index (Phi) is 3.85. The van der Waals surface area contributed by atoms with E-state index >= 15 is 0 Å². The number of halogens is 1. The molecule has 0 radical (unpaired) electrons. The average molecular weight is 339 g/mol. The molecule has 0 fully saturated rings. The first kappa shape index (κ1) is 12.6. The van der Waals surface area contributed by atoms with Gasteiger partial charge in [-0.3, -0.25) is 4.79 Å².